The van der Waals surface area contributed by atoms with Gasteiger partial charge in [0.25, 0.3) is 0 Å². The van der Waals surface area contributed by atoms with Crippen molar-refractivity contribution in [3.8, 4) is 0 Å². The minimum atomic E-state index is -1.58. The molecule has 15 heteroatoms. The number of aliphatic imine (C=N–C) groups is 1. The van der Waals surface area contributed by atoms with E-state index in [-0.39, 0.29) is 31.3 Å². The quantitative estimate of drug-likeness (QED) is 0.0463. The van der Waals surface area contributed by atoms with Crippen LogP contribution in [-0.4, -0.2) is 77.9 Å². The summed E-state index contributed by atoms with van der Waals surface area (Å²) in [5.41, 5.74) is 27.1. The molecule has 0 aliphatic rings. The van der Waals surface area contributed by atoms with E-state index in [0.717, 1.165) is 0 Å². The van der Waals surface area contributed by atoms with Crippen molar-refractivity contribution in [3.05, 3.63) is 0 Å². The lowest BCUT2D eigenvalue weighted by atomic mass is 9.96. The monoisotopic (exact) mass is 529 g/mol. The fourth-order valence-corrected chi connectivity index (χ4v) is 3.31. The molecule has 0 heterocycles. The maximum atomic E-state index is 13.2. The molecule has 0 rings (SSSR count). The van der Waals surface area contributed by atoms with Gasteiger partial charge in [-0.3, -0.25) is 24.2 Å². The van der Waals surface area contributed by atoms with Gasteiger partial charge in [-0.05, 0) is 38.1 Å². The number of primary amides is 1. The summed E-state index contributed by atoms with van der Waals surface area (Å²) in [5.74, 6) is -4.87. The highest BCUT2D eigenvalue weighted by Crippen LogP contribution is 2.11. The number of carboxylic acid groups (broad SMARTS) is 1. The van der Waals surface area contributed by atoms with Crippen molar-refractivity contribution in [3.63, 3.8) is 0 Å². The number of unbranched alkanes of at least 4 members (excludes halogenated alkanes) is 1. The molecule has 0 aromatic rings. The van der Waals surface area contributed by atoms with Gasteiger partial charge in [0.1, 0.15) is 18.1 Å². The Labute approximate surface area is 216 Å². The summed E-state index contributed by atoms with van der Waals surface area (Å²) in [6.45, 7) is 4.21. The van der Waals surface area contributed by atoms with Crippen LogP contribution in [-0.2, 0) is 24.0 Å². The van der Waals surface area contributed by atoms with Crippen molar-refractivity contribution < 1.29 is 29.1 Å². The fourth-order valence-electron chi connectivity index (χ4n) is 3.31. The smallest absolute Gasteiger partial charge is 0.326 e. The van der Waals surface area contributed by atoms with Crippen LogP contribution >= 0.6 is 0 Å². The lowest BCUT2D eigenvalue weighted by molar-refractivity contribution is -0.143. The molecule has 0 aliphatic carbocycles. The molecule has 14 N–H and O–H groups in total. The number of carboxylic acids is 1. The van der Waals surface area contributed by atoms with Crippen LogP contribution in [0.2, 0.25) is 0 Å². The number of hydrogen-bond donors (Lipinski definition) is 9. The lowest BCUT2D eigenvalue weighted by Gasteiger charge is -2.28. The molecule has 0 aromatic heterocycles. The molecular weight excluding hydrogens is 486 g/mol. The first-order valence-electron chi connectivity index (χ1n) is 12.3. The van der Waals surface area contributed by atoms with Gasteiger partial charge in [-0.1, -0.05) is 26.7 Å². The predicted octanol–water partition coefficient (Wildman–Crippen LogP) is -3.04. The number of nitrogens with two attached hydrogens (primary N) is 5. The number of nitrogens with one attached hydrogen (secondary N) is 3. The van der Waals surface area contributed by atoms with Crippen molar-refractivity contribution in [2.75, 3.05) is 13.1 Å². The highest BCUT2D eigenvalue weighted by atomic mass is 16.4. The van der Waals surface area contributed by atoms with Crippen molar-refractivity contribution in [2.24, 2.45) is 39.6 Å². The predicted molar refractivity (Wildman–Crippen MR) is 137 cm³/mol. The standard InChI is InChI=1S/C22H43N9O6/c1-3-12(2)17(31-18(33)13(24)7-4-5-9-23)20(35)29-14(8-6-10-28-22(26)27)19(34)30-15(21(36)37)11-16(25)32/h12-15,17H,3-11,23-24H2,1-2H3,(H2,25,32)(H,29,35)(H,30,34)(H,31,33)(H,36,37)(H4,26,27,28). The second kappa shape index (κ2) is 17.9. The van der Waals surface area contributed by atoms with Gasteiger partial charge < -0.3 is 49.7 Å². The van der Waals surface area contributed by atoms with Gasteiger partial charge >= 0.3 is 5.97 Å². The lowest BCUT2D eigenvalue weighted by Crippen LogP contribution is -2.58. The van der Waals surface area contributed by atoms with Gasteiger partial charge in [-0.25, -0.2) is 4.79 Å². The van der Waals surface area contributed by atoms with Crippen LogP contribution in [0.5, 0.6) is 0 Å². The van der Waals surface area contributed by atoms with Crippen molar-refractivity contribution in [1.82, 2.24) is 16.0 Å². The van der Waals surface area contributed by atoms with E-state index in [9.17, 15) is 29.1 Å². The summed E-state index contributed by atoms with van der Waals surface area (Å²) in [6, 6.07) is -4.64. The Balaban J connectivity index is 5.64. The Morgan fingerprint density at radius 3 is 2.00 bits per heavy atom. The summed E-state index contributed by atoms with van der Waals surface area (Å²) in [4.78, 5) is 65.2. The van der Waals surface area contributed by atoms with Crippen molar-refractivity contribution >= 4 is 35.6 Å². The van der Waals surface area contributed by atoms with Gasteiger partial charge in [-0.2, -0.15) is 0 Å². The van der Waals surface area contributed by atoms with Gasteiger partial charge in [0, 0.05) is 6.54 Å². The Kier molecular flexibility index (Phi) is 16.2. The van der Waals surface area contributed by atoms with Gasteiger partial charge in [-0.15, -0.1) is 0 Å². The molecule has 0 saturated heterocycles. The zero-order valence-electron chi connectivity index (χ0n) is 21.6. The van der Waals surface area contributed by atoms with Gasteiger partial charge in [0.15, 0.2) is 5.96 Å². The maximum absolute atomic E-state index is 13.2. The molecule has 37 heavy (non-hydrogen) atoms. The molecule has 0 fully saturated rings. The van der Waals surface area contributed by atoms with Crippen LogP contribution in [0.15, 0.2) is 4.99 Å². The molecule has 0 radical (unpaired) electrons. The molecule has 5 unspecified atom stereocenters. The average molecular weight is 530 g/mol. The third-order valence-electron chi connectivity index (χ3n) is 5.70. The van der Waals surface area contributed by atoms with Crippen LogP contribution in [0.3, 0.4) is 0 Å². The number of carbonyl (C=O) groups is 5. The first-order valence-corrected chi connectivity index (χ1v) is 12.3. The first kappa shape index (κ1) is 33.5. The highest BCUT2D eigenvalue weighted by molar-refractivity contribution is 5.95. The summed E-state index contributed by atoms with van der Waals surface area (Å²) in [6.07, 6.45) is 1.95. The van der Waals surface area contributed by atoms with Crippen molar-refractivity contribution in [1.29, 1.82) is 0 Å². The Bertz CT molecular complexity index is 804. The Hall–Kier alpha value is -3.46. The van der Waals surface area contributed by atoms with Crippen LogP contribution in [0, 0.1) is 5.92 Å². The average Bonchev–Trinajstić information content (AvgIpc) is 2.82. The van der Waals surface area contributed by atoms with Crippen molar-refractivity contribution in [2.45, 2.75) is 83.0 Å². The number of rotatable bonds is 19. The number of nitrogens with zero attached hydrogens (tertiary/aromatic N) is 1. The normalized spacial score (nSPS) is 14.8. The number of hydrogen-bond acceptors (Lipinski definition) is 8. The van der Waals surface area contributed by atoms with E-state index in [1.807, 2.05) is 6.92 Å². The second-order valence-corrected chi connectivity index (χ2v) is 8.84. The third kappa shape index (κ3) is 14.0. The number of amides is 4. The van der Waals surface area contributed by atoms with Crippen LogP contribution in [0.4, 0.5) is 0 Å². The van der Waals surface area contributed by atoms with E-state index in [4.69, 9.17) is 28.7 Å². The summed E-state index contributed by atoms with van der Waals surface area (Å²) in [7, 11) is 0. The van der Waals surface area contributed by atoms with E-state index < -0.39 is 60.2 Å². The van der Waals surface area contributed by atoms with Gasteiger partial charge in [0.05, 0.1) is 12.5 Å². The molecule has 0 aromatic carbocycles. The van der Waals surface area contributed by atoms with E-state index in [1.54, 1.807) is 6.92 Å². The molecule has 0 bridgehead atoms. The molecule has 4 amide bonds. The minimum absolute atomic E-state index is 0.0387. The minimum Gasteiger partial charge on any atom is -0.480 e. The van der Waals surface area contributed by atoms with E-state index in [0.29, 0.717) is 32.2 Å². The topological polar surface area (TPSA) is 284 Å². The zero-order valence-corrected chi connectivity index (χ0v) is 21.6. The largest absolute Gasteiger partial charge is 0.480 e. The molecule has 5 atom stereocenters. The Morgan fingerprint density at radius 2 is 1.49 bits per heavy atom. The molecule has 0 spiro atoms. The number of guanidine groups is 1. The van der Waals surface area contributed by atoms with Crippen LogP contribution in [0.1, 0.15) is 58.8 Å². The molecular formula is C22H43N9O6. The summed E-state index contributed by atoms with van der Waals surface area (Å²) < 4.78 is 0. The first-order chi connectivity index (χ1) is 17.3. The Morgan fingerprint density at radius 1 is 0.865 bits per heavy atom. The van der Waals surface area contributed by atoms with E-state index >= 15 is 0 Å². The van der Waals surface area contributed by atoms with E-state index in [2.05, 4.69) is 20.9 Å². The maximum Gasteiger partial charge on any atom is 0.326 e. The third-order valence-corrected chi connectivity index (χ3v) is 5.70. The molecule has 212 valence electrons. The molecule has 0 aliphatic heterocycles. The number of aliphatic carboxylic acids is 1. The number of carbonyl (C=O) groups excluding carboxylic acids is 4. The molecule has 0 saturated carbocycles. The van der Waals surface area contributed by atoms with Crippen LogP contribution < -0.4 is 44.6 Å². The highest BCUT2D eigenvalue weighted by Gasteiger charge is 2.32. The van der Waals surface area contributed by atoms with E-state index in [1.165, 1.54) is 0 Å². The van der Waals surface area contributed by atoms with Crippen LogP contribution in [0.25, 0.3) is 0 Å². The second-order valence-electron chi connectivity index (χ2n) is 8.84. The SMILES string of the molecule is CCC(C)C(NC(=O)C(N)CCCCN)C(=O)NC(CCCN=C(N)N)C(=O)NC(CC(N)=O)C(=O)O. The summed E-state index contributed by atoms with van der Waals surface area (Å²) in [5, 5.41) is 16.8. The van der Waals surface area contributed by atoms with Gasteiger partial charge in [0.2, 0.25) is 23.6 Å². The fraction of sp³-hybridized carbons (Fsp3) is 0.727. The zero-order chi connectivity index (χ0) is 28.5. The molecule has 15 nitrogen and oxygen atoms in total. The summed E-state index contributed by atoms with van der Waals surface area (Å²) >= 11 is 0.